The summed E-state index contributed by atoms with van der Waals surface area (Å²) >= 11 is 0. The second-order valence-corrected chi connectivity index (χ2v) is 4.76. The van der Waals surface area contributed by atoms with E-state index in [1.807, 2.05) is 12.1 Å². The number of pyridine rings is 1. The highest BCUT2D eigenvalue weighted by molar-refractivity contribution is 6.21. The molecule has 0 unspecified atom stereocenters. The first-order chi connectivity index (χ1) is 8.18. The Morgan fingerprint density at radius 1 is 1.06 bits per heavy atom. The molecule has 1 aliphatic heterocycles. The minimum absolute atomic E-state index is 0.326. The molecule has 17 heavy (non-hydrogen) atoms. The van der Waals surface area contributed by atoms with E-state index in [1.54, 1.807) is 6.07 Å². The van der Waals surface area contributed by atoms with Gasteiger partial charge in [-0.25, -0.2) is 0 Å². The van der Waals surface area contributed by atoms with E-state index in [-0.39, 0.29) is 0 Å². The van der Waals surface area contributed by atoms with Gasteiger partial charge in [0.2, 0.25) is 0 Å². The molecule has 0 atom stereocenters. The van der Waals surface area contributed by atoms with Gasteiger partial charge in [-0.1, -0.05) is 0 Å². The highest BCUT2D eigenvalue weighted by atomic mass is 16.3. The van der Waals surface area contributed by atoms with Gasteiger partial charge >= 0.3 is 0 Å². The van der Waals surface area contributed by atoms with Crippen molar-refractivity contribution in [3.8, 4) is 11.4 Å². The van der Waals surface area contributed by atoms with Crippen LogP contribution in [0.2, 0.25) is 0 Å². The molecule has 0 spiro atoms. The Balaban J connectivity index is 2.15. The first-order valence-electron chi connectivity index (χ1n) is 5.66. The second kappa shape index (κ2) is 2.56. The highest BCUT2D eigenvalue weighted by Gasteiger charge is 2.30. The van der Waals surface area contributed by atoms with E-state index in [0.717, 1.165) is 5.52 Å². The van der Waals surface area contributed by atoms with E-state index in [4.69, 9.17) is 0 Å². The van der Waals surface area contributed by atoms with Crippen LogP contribution in [0.25, 0.3) is 27.5 Å². The van der Waals surface area contributed by atoms with Crippen LogP contribution < -0.4 is 4.90 Å². The molecular formula is C14H12N2O. The minimum atomic E-state index is 0.326. The molecular weight excluding hydrogens is 212 g/mol. The zero-order valence-corrected chi connectivity index (χ0v) is 9.73. The number of rotatable bonds is 1. The summed E-state index contributed by atoms with van der Waals surface area (Å²) in [5.74, 6) is 0.326. The molecule has 0 amide bonds. The van der Waals surface area contributed by atoms with Crippen molar-refractivity contribution < 1.29 is 5.11 Å². The molecule has 0 radical (unpaired) electrons. The van der Waals surface area contributed by atoms with Crippen LogP contribution in [0.15, 0.2) is 30.3 Å². The summed E-state index contributed by atoms with van der Waals surface area (Å²) in [7, 11) is 4.10. The van der Waals surface area contributed by atoms with Crippen molar-refractivity contribution in [2.75, 3.05) is 19.0 Å². The van der Waals surface area contributed by atoms with E-state index in [2.05, 4.69) is 35.7 Å². The predicted molar refractivity (Wildman–Crippen MR) is 70.3 cm³/mol. The van der Waals surface area contributed by atoms with Gasteiger partial charge in [0, 0.05) is 30.9 Å². The maximum atomic E-state index is 9.58. The largest absolute Gasteiger partial charge is 0.508 e. The Labute approximate surface area is 98.5 Å². The van der Waals surface area contributed by atoms with Gasteiger partial charge in [-0.2, -0.15) is 0 Å². The summed E-state index contributed by atoms with van der Waals surface area (Å²) in [5.41, 5.74) is 4.92. The van der Waals surface area contributed by atoms with Gasteiger partial charge in [0.1, 0.15) is 5.75 Å². The number of hydrogen-bond donors (Lipinski definition) is 1. The summed E-state index contributed by atoms with van der Waals surface area (Å²) in [6.45, 7) is 0. The first-order valence-corrected chi connectivity index (χ1v) is 5.66. The van der Waals surface area contributed by atoms with E-state index in [0.29, 0.717) is 5.75 Å². The fourth-order valence-electron chi connectivity index (χ4n) is 2.72. The SMILES string of the molecule is CN(C)c1ccc2c3ccc(O)cc3n3c2c1-3. The van der Waals surface area contributed by atoms with Crippen molar-refractivity contribution in [2.45, 2.75) is 0 Å². The molecule has 3 aromatic rings. The van der Waals surface area contributed by atoms with Crippen molar-refractivity contribution in [3.63, 3.8) is 0 Å². The minimum Gasteiger partial charge on any atom is -0.508 e. The van der Waals surface area contributed by atoms with E-state index < -0.39 is 0 Å². The third-order valence-corrected chi connectivity index (χ3v) is 3.52. The normalized spacial score (nSPS) is 12.4. The molecule has 0 saturated carbocycles. The second-order valence-electron chi connectivity index (χ2n) is 4.76. The van der Waals surface area contributed by atoms with Gasteiger partial charge in [-0.15, -0.1) is 0 Å². The molecule has 0 bridgehead atoms. The van der Waals surface area contributed by atoms with E-state index in [1.165, 1.54) is 27.7 Å². The number of phenols is 1. The number of anilines is 1. The Bertz CT molecular complexity index is 784. The van der Waals surface area contributed by atoms with Gasteiger partial charge in [0.15, 0.2) is 0 Å². The molecule has 84 valence electrons. The number of aromatic hydroxyl groups is 1. The summed E-state index contributed by atoms with van der Waals surface area (Å²) in [5, 5.41) is 12.1. The lowest BCUT2D eigenvalue weighted by Gasteiger charge is -2.12. The van der Waals surface area contributed by atoms with Crippen molar-refractivity contribution >= 4 is 27.5 Å². The number of benzene rings is 2. The lowest BCUT2D eigenvalue weighted by atomic mass is 10.1. The van der Waals surface area contributed by atoms with Crippen molar-refractivity contribution in [3.05, 3.63) is 30.3 Å². The third-order valence-electron chi connectivity index (χ3n) is 3.52. The molecule has 0 aliphatic carbocycles. The van der Waals surface area contributed by atoms with Crippen LogP contribution in [0.5, 0.6) is 5.75 Å². The van der Waals surface area contributed by atoms with Gasteiger partial charge in [-0.05, 0) is 24.3 Å². The Morgan fingerprint density at radius 2 is 1.82 bits per heavy atom. The Kier molecular flexibility index (Phi) is 1.35. The third kappa shape index (κ3) is 0.923. The molecule has 1 aromatic heterocycles. The number of phenolic OH excluding ortho intramolecular Hbond substituents is 1. The lowest BCUT2D eigenvalue weighted by molar-refractivity contribution is 0.476. The van der Waals surface area contributed by atoms with Crippen molar-refractivity contribution in [1.29, 1.82) is 0 Å². The maximum absolute atomic E-state index is 9.58. The molecule has 3 heteroatoms. The summed E-state index contributed by atoms with van der Waals surface area (Å²) in [6.07, 6.45) is 0. The number of nitrogens with zero attached hydrogens (tertiary/aromatic N) is 2. The number of hydrogen-bond acceptors (Lipinski definition) is 2. The Hall–Kier alpha value is -2.16. The molecule has 1 N–H and O–H groups in total. The van der Waals surface area contributed by atoms with Crippen LogP contribution in [-0.2, 0) is 0 Å². The van der Waals surface area contributed by atoms with Crippen molar-refractivity contribution in [2.24, 2.45) is 0 Å². The molecule has 2 aromatic carbocycles. The van der Waals surface area contributed by atoms with Gasteiger partial charge in [-0.3, -0.25) is 0 Å². The lowest BCUT2D eigenvalue weighted by Crippen LogP contribution is -2.08. The highest BCUT2D eigenvalue weighted by Crippen LogP contribution is 2.49. The average molecular weight is 224 g/mol. The maximum Gasteiger partial charge on any atom is 0.117 e. The van der Waals surface area contributed by atoms with Gasteiger partial charge < -0.3 is 14.6 Å². The van der Waals surface area contributed by atoms with Crippen LogP contribution in [0.1, 0.15) is 0 Å². The Morgan fingerprint density at radius 3 is 2.59 bits per heavy atom. The molecule has 2 heterocycles. The smallest absolute Gasteiger partial charge is 0.117 e. The van der Waals surface area contributed by atoms with E-state index in [9.17, 15) is 5.11 Å². The molecule has 3 nitrogen and oxygen atoms in total. The van der Waals surface area contributed by atoms with Crippen molar-refractivity contribution in [1.82, 2.24) is 4.57 Å². The zero-order valence-electron chi connectivity index (χ0n) is 9.73. The van der Waals surface area contributed by atoms with Crippen LogP contribution in [0, 0.1) is 0 Å². The summed E-state index contributed by atoms with van der Waals surface area (Å²) in [4.78, 5) is 2.12. The molecule has 4 rings (SSSR count). The summed E-state index contributed by atoms with van der Waals surface area (Å²) < 4.78 is 2.22. The average Bonchev–Trinajstić information content (AvgIpc) is 2.93. The van der Waals surface area contributed by atoms with Crippen LogP contribution in [-0.4, -0.2) is 23.8 Å². The first kappa shape index (κ1) is 8.93. The monoisotopic (exact) mass is 224 g/mol. The van der Waals surface area contributed by atoms with Gasteiger partial charge in [0.25, 0.3) is 0 Å². The molecule has 0 fully saturated rings. The molecule has 0 saturated heterocycles. The molecule has 1 aliphatic rings. The standard InChI is InChI=1S/C14H12N2O/c1-15(2)11-6-5-10-9-4-3-8(17)7-12(9)16-13(10)14(11)16/h3-7,17H,1-2H3. The van der Waals surface area contributed by atoms with Crippen LogP contribution in [0.4, 0.5) is 5.69 Å². The quantitative estimate of drug-likeness (QED) is 0.538. The van der Waals surface area contributed by atoms with Gasteiger partial charge in [0.05, 0.1) is 22.4 Å². The summed E-state index contributed by atoms with van der Waals surface area (Å²) in [6, 6.07) is 9.89. The van der Waals surface area contributed by atoms with Crippen LogP contribution in [0.3, 0.4) is 0 Å². The predicted octanol–water partition coefficient (Wildman–Crippen LogP) is 2.87. The number of aromatic nitrogens is 1. The fourth-order valence-corrected chi connectivity index (χ4v) is 2.72. The fraction of sp³-hybridized carbons (Fsp3) is 0.143. The zero-order chi connectivity index (χ0) is 11.7. The van der Waals surface area contributed by atoms with E-state index >= 15 is 0 Å². The topological polar surface area (TPSA) is 28.4 Å². The van der Waals surface area contributed by atoms with Crippen LogP contribution >= 0.6 is 0 Å². The number of fused-ring (bicyclic) bond motifs is 4.